The summed E-state index contributed by atoms with van der Waals surface area (Å²) in [4.78, 5) is 22.9. The van der Waals surface area contributed by atoms with E-state index >= 15 is 0 Å². The quantitative estimate of drug-likeness (QED) is 0.713. The van der Waals surface area contributed by atoms with E-state index in [9.17, 15) is 9.90 Å². The second-order valence-corrected chi connectivity index (χ2v) is 4.79. The van der Waals surface area contributed by atoms with Crippen LogP contribution in [-0.2, 0) is 0 Å². The van der Waals surface area contributed by atoms with Gasteiger partial charge in [-0.05, 0) is 30.3 Å². The fraction of sp³-hybridized carbons (Fsp3) is 0. The number of aromatic amines is 1. The normalized spacial score (nSPS) is 11.8. The van der Waals surface area contributed by atoms with Crippen molar-refractivity contribution in [2.45, 2.75) is 0 Å². The summed E-state index contributed by atoms with van der Waals surface area (Å²) in [5, 5.41) is 10.5. The van der Waals surface area contributed by atoms with E-state index < -0.39 is 5.56 Å². The summed E-state index contributed by atoms with van der Waals surface area (Å²) in [7, 11) is 0. The number of aromatic nitrogens is 3. The molecular formula is C15H10ClN3O2. The maximum Gasteiger partial charge on any atom is 0.274 e. The standard InChI is InChI=1S/C15H10ClN3O2/c16-9-4-5-10-12(7-9)19-15(21)13(18-10)8-14(20)11-3-1-2-6-17-11/h1-8,20H,(H,19,21). The number of aliphatic hydroxyl groups excluding tert-OH is 1. The zero-order valence-corrected chi connectivity index (χ0v) is 11.5. The van der Waals surface area contributed by atoms with Crippen molar-refractivity contribution in [3.8, 4) is 0 Å². The van der Waals surface area contributed by atoms with E-state index in [4.69, 9.17) is 11.6 Å². The first kappa shape index (κ1) is 13.3. The minimum Gasteiger partial charge on any atom is -0.506 e. The fourth-order valence-electron chi connectivity index (χ4n) is 1.89. The van der Waals surface area contributed by atoms with Crippen molar-refractivity contribution in [1.82, 2.24) is 15.0 Å². The van der Waals surface area contributed by atoms with Gasteiger partial charge in [0, 0.05) is 17.3 Å². The van der Waals surface area contributed by atoms with Crippen molar-refractivity contribution < 1.29 is 5.11 Å². The van der Waals surface area contributed by atoms with Crippen molar-refractivity contribution in [2.24, 2.45) is 0 Å². The monoisotopic (exact) mass is 299 g/mol. The lowest BCUT2D eigenvalue weighted by atomic mass is 10.2. The molecule has 104 valence electrons. The number of hydrogen-bond acceptors (Lipinski definition) is 4. The van der Waals surface area contributed by atoms with Crippen molar-refractivity contribution in [3.05, 3.63) is 69.4 Å². The minimum atomic E-state index is -0.410. The van der Waals surface area contributed by atoms with E-state index in [0.29, 0.717) is 21.7 Å². The van der Waals surface area contributed by atoms with Crippen molar-refractivity contribution in [1.29, 1.82) is 0 Å². The van der Waals surface area contributed by atoms with Crippen LogP contribution >= 0.6 is 11.6 Å². The van der Waals surface area contributed by atoms with Gasteiger partial charge < -0.3 is 10.1 Å². The molecule has 6 heteroatoms. The Balaban J connectivity index is 2.11. The molecule has 0 radical (unpaired) electrons. The molecule has 5 nitrogen and oxygen atoms in total. The van der Waals surface area contributed by atoms with Gasteiger partial charge in [0.25, 0.3) is 5.56 Å². The van der Waals surface area contributed by atoms with Crippen LogP contribution in [0.4, 0.5) is 0 Å². The highest BCUT2D eigenvalue weighted by Crippen LogP contribution is 2.16. The summed E-state index contributed by atoms with van der Waals surface area (Å²) in [6.45, 7) is 0. The molecule has 0 spiro atoms. The van der Waals surface area contributed by atoms with Gasteiger partial charge in [0.2, 0.25) is 0 Å². The van der Waals surface area contributed by atoms with E-state index in [2.05, 4.69) is 15.0 Å². The molecular weight excluding hydrogens is 290 g/mol. The second-order valence-electron chi connectivity index (χ2n) is 4.36. The largest absolute Gasteiger partial charge is 0.506 e. The van der Waals surface area contributed by atoms with E-state index in [1.807, 2.05) is 0 Å². The van der Waals surface area contributed by atoms with Crippen molar-refractivity contribution >= 4 is 34.5 Å². The summed E-state index contributed by atoms with van der Waals surface area (Å²) in [6.07, 6.45) is 2.84. The molecule has 3 aromatic rings. The Kier molecular flexibility index (Phi) is 3.41. The van der Waals surface area contributed by atoms with Crippen LogP contribution in [0, 0.1) is 0 Å². The molecule has 0 bridgehead atoms. The SMILES string of the molecule is O=c1[nH]c2cc(Cl)ccc2nc1C=C(O)c1ccccn1. The van der Waals surface area contributed by atoms with Gasteiger partial charge in [0.1, 0.15) is 17.1 Å². The Bertz CT molecular complexity index is 888. The van der Waals surface area contributed by atoms with Gasteiger partial charge in [-0.25, -0.2) is 4.98 Å². The van der Waals surface area contributed by atoms with Gasteiger partial charge in [-0.3, -0.25) is 9.78 Å². The smallest absolute Gasteiger partial charge is 0.274 e. The Morgan fingerprint density at radius 3 is 2.90 bits per heavy atom. The summed E-state index contributed by atoms with van der Waals surface area (Å²) in [5.41, 5.74) is 1.19. The molecule has 2 aromatic heterocycles. The molecule has 21 heavy (non-hydrogen) atoms. The zero-order chi connectivity index (χ0) is 14.8. The topological polar surface area (TPSA) is 78.9 Å². The number of aliphatic hydroxyl groups is 1. The highest BCUT2D eigenvalue weighted by molar-refractivity contribution is 6.31. The molecule has 2 heterocycles. The highest BCUT2D eigenvalue weighted by Gasteiger charge is 2.06. The molecule has 0 fully saturated rings. The molecule has 0 amide bonds. The lowest BCUT2D eigenvalue weighted by Crippen LogP contribution is -2.12. The summed E-state index contributed by atoms with van der Waals surface area (Å²) < 4.78 is 0. The third-order valence-corrected chi connectivity index (χ3v) is 3.12. The molecule has 0 atom stereocenters. The third-order valence-electron chi connectivity index (χ3n) is 2.88. The number of H-pyrrole nitrogens is 1. The number of fused-ring (bicyclic) bond motifs is 1. The Labute approximate surface area is 124 Å². The van der Waals surface area contributed by atoms with Gasteiger partial charge in [-0.2, -0.15) is 0 Å². The first-order valence-electron chi connectivity index (χ1n) is 6.15. The zero-order valence-electron chi connectivity index (χ0n) is 10.7. The molecule has 0 aliphatic rings. The van der Waals surface area contributed by atoms with Gasteiger partial charge >= 0.3 is 0 Å². The Hall–Kier alpha value is -2.66. The van der Waals surface area contributed by atoms with Crippen LogP contribution in [0.5, 0.6) is 0 Å². The average Bonchev–Trinajstić information content (AvgIpc) is 2.49. The van der Waals surface area contributed by atoms with Crippen LogP contribution < -0.4 is 5.56 Å². The highest BCUT2D eigenvalue weighted by atomic mass is 35.5. The van der Waals surface area contributed by atoms with E-state index in [-0.39, 0.29) is 11.5 Å². The lowest BCUT2D eigenvalue weighted by molar-refractivity contribution is 0.512. The molecule has 2 N–H and O–H groups in total. The number of pyridine rings is 1. The Morgan fingerprint density at radius 1 is 1.29 bits per heavy atom. The number of hydrogen-bond donors (Lipinski definition) is 2. The predicted octanol–water partition coefficient (Wildman–Crippen LogP) is 3.03. The number of nitrogens with zero attached hydrogens (tertiary/aromatic N) is 2. The summed E-state index contributed by atoms with van der Waals surface area (Å²) in [6, 6.07) is 10.1. The first-order valence-corrected chi connectivity index (χ1v) is 6.53. The lowest BCUT2D eigenvalue weighted by Gasteiger charge is -2.01. The van der Waals surface area contributed by atoms with Crippen LogP contribution in [0.2, 0.25) is 5.02 Å². The van der Waals surface area contributed by atoms with Crippen LogP contribution in [0.25, 0.3) is 22.9 Å². The first-order chi connectivity index (χ1) is 10.1. The van der Waals surface area contributed by atoms with Gasteiger partial charge in [-0.15, -0.1) is 0 Å². The molecule has 0 saturated carbocycles. The van der Waals surface area contributed by atoms with Gasteiger partial charge in [0.15, 0.2) is 0 Å². The predicted molar refractivity (Wildman–Crippen MR) is 82.1 cm³/mol. The van der Waals surface area contributed by atoms with Crippen molar-refractivity contribution in [2.75, 3.05) is 0 Å². The van der Waals surface area contributed by atoms with Crippen LogP contribution in [0.1, 0.15) is 11.4 Å². The maximum absolute atomic E-state index is 12.0. The second kappa shape index (κ2) is 5.38. The molecule has 3 rings (SSSR count). The molecule has 0 aliphatic heterocycles. The number of nitrogens with one attached hydrogen (secondary N) is 1. The molecule has 1 aromatic carbocycles. The average molecular weight is 300 g/mol. The Morgan fingerprint density at radius 2 is 2.14 bits per heavy atom. The van der Waals surface area contributed by atoms with E-state index in [1.165, 1.54) is 6.08 Å². The molecule has 0 unspecified atom stereocenters. The fourth-order valence-corrected chi connectivity index (χ4v) is 2.06. The number of benzene rings is 1. The van der Waals surface area contributed by atoms with Crippen LogP contribution in [-0.4, -0.2) is 20.1 Å². The maximum atomic E-state index is 12.0. The summed E-state index contributed by atoms with van der Waals surface area (Å²) in [5.74, 6) is -0.123. The van der Waals surface area contributed by atoms with Gasteiger partial charge in [0.05, 0.1) is 11.0 Å². The van der Waals surface area contributed by atoms with E-state index in [0.717, 1.165) is 0 Å². The van der Waals surface area contributed by atoms with E-state index in [1.54, 1.807) is 42.6 Å². The van der Waals surface area contributed by atoms with Crippen LogP contribution in [0.15, 0.2) is 47.4 Å². The molecule has 0 aliphatic carbocycles. The number of rotatable bonds is 2. The minimum absolute atomic E-state index is 0.105. The van der Waals surface area contributed by atoms with Gasteiger partial charge in [-0.1, -0.05) is 17.7 Å². The third kappa shape index (κ3) is 2.78. The molecule has 0 saturated heterocycles. The van der Waals surface area contributed by atoms with Crippen molar-refractivity contribution in [3.63, 3.8) is 0 Å². The van der Waals surface area contributed by atoms with Crippen LogP contribution in [0.3, 0.4) is 0 Å². The summed E-state index contributed by atoms with van der Waals surface area (Å²) >= 11 is 5.87. The number of halogens is 1.